The molecule has 0 N–H and O–H groups in total. The lowest BCUT2D eigenvalue weighted by molar-refractivity contribution is -0.275. The quantitative estimate of drug-likeness (QED) is 0.201. The van der Waals surface area contributed by atoms with Crippen molar-refractivity contribution in [2.45, 2.75) is 32.7 Å². The van der Waals surface area contributed by atoms with Gasteiger partial charge in [-0.3, -0.25) is 0 Å². The average molecular weight is 540 g/mol. The molecular formula is C31H29N3O6. The van der Waals surface area contributed by atoms with Crippen molar-refractivity contribution >= 4 is 41.0 Å². The SMILES string of the molecule is COC(=O)N(C(=O)[O-])[N+](C(=O)c1c(CC=O)c(-c2ccccc2)nc2ccccc12)(c1ccccc1)C(C)(C)C. The molecule has 1 atom stereocenters. The van der Waals surface area contributed by atoms with E-state index in [1.54, 1.807) is 75.4 Å². The molecule has 9 heteroatoms. The van der Waals surface area contributed by atoms with Gasteiger partial charge in [-0.25, -0.2) is 14.6 Å². The maximum Gasteiger partial charge on any atom is 0.461 e. The average Bonchev–Trinajstić information content (AvgIpc) is 2.95. The molecule has 0 aliphatic rings. The molecule has 0 radical (unpaired) electrons. The van der Waals surface area contributed by atoms with Gasteiger partial charge in [0.25, 0.3) is 0 Å². The van der Waals surface area contributed by atoms with Gasteiger partial charge in [0, 0.05) is 35.1 Å². The minimum Gasteiger partial charge on any atom is -0.526 e. The number of benzene rings is 3. The molecule has 0 saturated heterocycles. The van der Waals surface area contributed by atoms with E-state index in [-0.39, 0.29) is 17.7 Å². The number of imide groups is 1. The second kappa shape index (κ2) is 11.1. The summed E-state index contributed by atoms with van der Waals surface area (Å²) in [6, 6.07) is 24.1. The molecule has 4 rings (SSSR count). The Bertz CT molecular complexity index is 1580. The Kier molecular flexibility index (Phi) is 7.79. The smallest absolute Gasteiger partial charge is 0.461 e. The molecule has 9 nitrogen and oxygen atoms in total. The third-order valence-corrected chi connectivity index (χ3v) is 6.76. The number of carbonyl (C=O) groups is 4. The molecule has 0 aliphatic heterocycles. The number of hydrogen-bond acceptors (Lipinski definition) is 7. The standard InChI is InChI=1S/C31H29N3O6/c1-31(2,3)34(22-15-9-6-10-16-22,33(29(37)38)30(39)40-4)28(36)26-23-17-11-12-18-25(23)32-27(24(26)19-20-35)21-13-7-5-8-14-21/h5-18,20H,19H2,1-4H3. The summed E-state index contributed by atoms with van der Waals surface area (Å²) in [5.41, 5.74) is 0.764. The van der Waals surface area contributed by atoms with Crippen LogP contribution in [0.4, 0.5) is 15.3 Å². The molecule has 40 heavy (non-hydrogen) atoms. The van der Waals surface area contributed by atoms with E-state index in [0.29, 0.717) is 39.0 Å². The monoisotopic (exact) mass is 539 g/mol. The fourth-order valence-corrected chi connectivity index (χ4v) is 5.14. The van der Waals surface area contributed by atoms with Crippen LogP contribution >= 0.6 is 0 Å². The Morgan fingerprint density at radius 1 is 0.925 bits per heavy atom. The number of pyridine rings is 1. The van der Waals surface area contributed by atoms with Crippen LogP contribution in [0.25, 0.3) is 22.2 Å². The van der Waals surface area contributed by atoms with Gasteiger partial charge in [-0.1, -0.05) is 71.7 Å². The van der Waals surface area contributed by atoms with Crippen molar-refractivity contribution in [3.8, 4) is 11.3 Å². The number of para-hydroxylation sites is 2. The minimum atomic E-state index is -1.93. The maximum atomic E-state index is 15.3. The molecule has 0 saturated carbocycles. The zero-order chi connectivity index (χ0) is 29.1. The zero-order valence-electron chi connectivity index (χ0n) is 22.7. The van der Waals surface area contributed by atoms with Gasteiger partial charge in [-0.05, 0) is 26.8 Å². The van der Waals surface area contributed by atoms with Gasteiger partial charge >= 0.3 is 12.0 Å². The van der Waals surface area contributed by atoms with E-state index in [1.165, 1.54) is 0 Å². The number of ether oxygens (including phenoxy) is 1. The summed E-state index contributed by atoms with van der Waals surface area (Å²) in [6.07, 6.45) is -2.76. The Hall–Kier alpha value is -4.89. The van der Waals surface area contributed by atoms with Crippen molar-refractivity contribution in [2.75, 3.05) is 7.11 Å². The highest BCUT2D eigenvalue weighted by Crippen LogP contribution is 2.41. The first-order valence-corrected chi connectivity index (χ1v) is 12.6. The van der Waals surface area contributed by atoms with Crippen molar-refractivity contribution in [1.29, 1.82) is 0 Å². The summed E-state index contributed by atoms with van der Waals surface area (Å²) >= 11 is 0. The Morgan fingerprint density at radius 3 is 2.05 bits per heavy atom. The van der Waals surface area contributed by atoms with E-state index in [1.807, 2.05) is 30.3 Å². The number of nitrogens with zero attached hydrogens (tertiary/aromatic N) is 3. The number of methoxy groups -OCH3 is 1. The lowest BCUT2D eigenvalue weighted by atomic mass is 9.91. The number of carbonyl (C=O) groups excluding carboxylic acids is 4. The highest BCUT2D eigenvalue weighted by Gasteiger charge is 2.59. The molecule has 3 aromatic carbocycles. The summed E-state index contributed by atoms with van der Waals surface area (Å²) in [6.45, 7) is 4.91. The van der Waals surface area contributed by atoms with Crippen LogP contribution in [0.1, 0.15) is 36.7 Å². The predicted molar refractivity (Wildman–Crippen MR) is 149 cm³/mol. The van der Waals surface area contributed by atoms with E-state index in [0.717, 1.165) is 7.11 Å². The first-order chi connectivity index (χ1) is 19.1. The Morgan fingerprint density at radius 2 is 1.50 bits per heavy atom. The molecule has 0 bridgehead atoms. The Labute approximate surface area is 231 Å². The zero-order valence-corrected chi connectivity index (χ0v) is 22.7. The van der Waals surface area contributed by atoms with Crippen LogP contribution < -0.4 is 9.70 Å². The van der Waals surface area contributed by atoms with Crippen LogP contribution in [0.5, 0.6) is 0 Å². The number of aromatic nitrogens is 1. The number of carboxylic acid groups (broad SMARTS) is 1. The van der Waals surface area contributed by atoms with Crippen molar-refractivity contribution in [3.05, 3.63) is 96.1 Å². The van der Waals surface area contributed by atoms with E-state index in [9.17, 15) is 19.5 Å². The number of aldehydes is 1. The Balaban J connectivity index is 2.24. The van der Waals surface area contributed by atoms with Crippen molar-refractivity contribution in [2.24, 2.45) is 0 Å². The molecule has 204 valence electrons. The summed E-state index contributed by atoms with van der Waals surface area (Å²) < 4.78 is 3.71. The van der Waals surface area contributed by atoms with Crippen molar-refractivity contribution in [3.63, 3.8) is 0 Å². The third-order valence-electron chi connectivity index (χ3n) is 6.76. The van der Waals surface area contributed by atoms with E-state index in [4.69, 9.17) is 9.72 Å². The third kappa shape index (κ3) is 4.60. The van der Waals surface area contributed by atoms with Gasteiger partial charge in [0.2, 0.25) is 6.09 Å². The van der Waals surface area contributed by atoms with Crippen LogP contribution in [0.3, 0.4) is 0 Å². The highest BCUT2D eigenvalue weighted by molar-refractivity contribution is 6.15. The van der Waals surface area contributed by atoms with Crippen LogP contribution in [0.2, 0.25) is 0 Å². The van der Waals surface area contributed by atoms with Gasteiger partial charge in [-0.15, -0.1) is 4.59 Å². The summed E-state index contributed by atoms with van der Waals surface area (Å²) in [5, 5.41) is 13.4. The number of rotatable bonds is 5. The van der Waals surface area contributed by atoms with Crippen molar-refractivity contribution < 1.29 is 29.0 Å². The molecule has 1 aromatic heterocycles. The first kappa shape index (κ1) is 28.1. The molecule has 1 heterocycles. The van der Waals surface area contributed by atoms with Gasteiger partial charge in [-0.2, -0.15) is 0 Å². The van der Waals surface area contributed by atoms with Crippen LogP contribution in [-0.4, -0.2) is 47.0 Å². The molecule has 0 aliphatic carbocycles. The number of amides is 3. The van der Waals surface area contributed by atoms with E-state index in [2.05, 4.69) is 0 Å². The van der Waals surface area contributed by atoms with E-state index < -0.39 is 28.2 Å². The number of fused-ring (bicyclic) bond motifs is 1. The molecule has 4 aromatic rings. The normalized spacial score (nSPS) is 12.8. The van der Waals surface area contributed by atoms with Gasteiger partial charge in [0.15, 0.2) is 5.69 Å². The molecule has 1 unspecified atom stereocenters. The fraction of sp³-hybridized carbons (Fsp3) is 0.194. The second-order valence-corrected chi connectivity index (χ2v) is 10.1. The van der Waals surface area contributed by atoms with Gasteiger partial charge in [0.05, 0.1) is 23.9 Å². The first-order valence-electron chi connectivity index (χ1n) is 12.6. The highest BCUT2D eigenvalue weighted by atomic mass is 16.6. The summed E-state index contributed by atoms with van der Waals surface area (Å²) in [4.78, 5) is 58.0. The minimum absolute atomic E-state index is 0.0606. The lowest BCUT2D eigenvalue weighted by Gasteiger charge is -2.49. The summed E-state index contributed by atoms with van der Waals surface area (Å²) in [5.74, 6) is -0.777. The van der Waals surface area contributed by atoms with Gasteiger partial charge < -0.3 is 19.4 Å². The molecule has 0 spiro atoms. The fourth-order valence-electron chi connectivity index (χ4n) is 5.14. The lowest BCUT2D eigenvalue weighted by Crippen LogP contribution is -2.77. The van der Waals surface area contributed by atoms with Crippen LogP contribution in [0, 0.1) is 0 Å². The number of hydrogen-bond donors (Lipinski definition) is 0. The molecule has 3 amide bonds. The van der Waals surface area contributed by atoms with Gasteiger partial charge in [0.1, 0.15) is 11.8 Å². The number of quaternary nitrogens is 1. The maximum absolute atomic E-state index is 15.3. The van der Waals surface area contributed by atoms with Crippen molar-refractivity contribution in [1.82, 2.24) is 14.6 Å². The van der Waals surface area contributed by atoms with Crippen LogP contribution in [-0.2, 0) is 16.0 Å². The second-order valence-electron chi connectivity index (χ2n) is 10.1. The summed E-state index contributed by atoms with van der Waals surface area (Å²) in [7, 11) is 1.03. The van der Waals surface area contributed by atoms with Crippen LogP contribution in [0.15, 0.2) is 84.9 Å². The van der Waals surface area contributed by atoms with E-state index >= 15 is 4.79 Å². The largest absolute Gasteiger partial charge is 0.526 e. The topological polar surface area (TPSA) is 117 Å². The molecular weight excluding hydrogens is 510 g/mol. The predicted octanol–water partition coefficient (Wildman–Crippen LogP) is 4.92. The molecule has 0 fully saturated rings.